The summed E-state index contributed by atoms with van der Waals surface area (Å²) in [4.78, 5) is 11.2. The van der Waals surface area contributed by atoms with Crippen molar-refractivity contribution in [1.29, 1.82) is 0 Å². The molecule has 0 bridgehead atoms. The molecule has 0 fully saturated rings. The summed E-state index contributed by atoms with van der Waals surface area (Å²) in [7, 11) is -3.89. The van der Waals surface area contributed by atoms with Crippen LogP contribution in [0.15, 0.2) is 41.3 Å². The molecule has 8 heteroatoms. The number of carbonyl (C=O) groups excluding carboxylic acids is 1. The van der Waals surface area contributed by atoms with Crippen LogP contribution in [0.5, 0.6) is 0 Å². The second-order valence-corrected chi connectivity index (χ2v) is 7.11. The number of benzene rings is 2. The zero-order valence-corrected chi connectivity index (χ0v) is 13.8. The summed E-state index contributed by atoms with van der Waals surface area (Å²) in [6, 6.07) is 8.58. The smallest absolute Gasteiger partial charge is 0.262 e. The van der Waals surface area contributed by atoms with Crippen LogP contribution < -0.4 is 10.5 Å². The van der Waals surface area contributed by atoms with E-state index < -0.39 is 15.9 Å². The van der Waals surface area contributed by atoms with Gasteiger partial charge in [-0.3, -0.25) is 9.52 Å². The van der Waals surface area contributed by atoms with E-state index in [9.17, 15) is 13.2 Å². The van der Waals surface area contributed by atoms with Crippen molar-refractivity contribution in [3.63, 3.8) is 0 Å². The van der Waals surface area contributed by atoms with E-state index in [-0.39, 0.29) is 26.2 Å². The van der Waals surface area contributed by atoms with Crippen LogP contribution in [0.2, 0.25) is 10.0 Å². The van der Waals surface area contributed by atoms with Gasteiger partial charge < -0.3 is 5.73 Å². The Kier molecular flexibility index (Phi) is 4.65. The number of carbonyl (C=O) groups is 1. The van der Waals surface area contributed by atoms with Gasteiger partial charge >= 0.3 is 0 Å². The minimum atomic E-state index is -3.89. The fourth-order valence-electron chi connectivity index (χ4n) is 1.90. The molecule has 0 aliphatic carbocycles. The molecule has 2 aromatic carbocycles. The minimum absolute atomic E-state index is 0.0751. The summed E-state index contributed by atoms with van der Waals surface area (Å²) < 4.78 is 27.2. The van der Waals surface area contributed by atoms with Gasteiger partial charge in [0.25, 0.3) is 10.0 Å². The normalized spacial score (nSPS) is 11.2. The molecular weight excluding hydrogens is 347 g/mol. The van der Waals surface area contributed by atoms with Gasteiger partial charge in [-0.25, -0.2) is 8.42 Å². The molecule has 22 heavy (non-hydrogen) atoms. The van der Waals surface area contributed by atoms with Crippen molar-refractivity contribution in [2.75, 3.05) is 4.72 Å². The maximum absolute atomic E-state index is 12.4. The van der Waals surface area contributed by atoms with Crippen molar-refractivity contribution in [2.45, 2.75) is 11.8 Å². The third kappa shape index (κ3) is 3.52. The van der Waals surface area contributed by atoms with Gasteiger partial charge in [-0.2, -0.15) is 0 Å². The second-order valence-electron chi connectivity index (χ2n) is 4.55. The highest BCUT2D eigenvalue weighted by Crippen LogP contribution is 2.26. The van der Waals surface area contributed by atoms with Gasteiger partial charge in [-0.1, -0.05) is 29.3 Å². The molecule has 0 saturated carbocycles. The van der Waals surface area contributed by atoms with E-state index in [1.807, 2.05) is 0 Å². The number of hydrogen-bond acceptors (Lipinski definition) is 3. The van der Waals surface area contributed by atoms with E-state index in [1.165, 1.54) is 36.4 Å². The molecule has 0 radical (unpaired) electrons. The molecule has 0 unspecified atom stereocenters. The average Bonchev–Trinajstić information content (AvgIpc) is 2.39. The predicted octanol–water partition coefficient (Wildman–Crippen LogP) is 3.20. The fraction of sp³-hybridized carbons (Fsp3) is 0.0714. The maximum atomic E-state index is 12.4. The number of nitrogens with one attached hydrogen (secondary N) is 1. The van der Waals surface area contributed by atoms with Crippen molar-refractivity contribution in [1.82, 2.24) is 0 Å². The van der Waals surface area contributed by atoms with Gasteiger partial charge in [0.1, 0.15) is 0 Å². The molecule has 0 heterocycles. The zero-order valence-electron chi connectivity index (χ0n) is 11.4. The van der Waals surface area contributed by atoms with E-state index in [1.54, 1.807) is 6.92 Å². The highest BCUT2D eigenvalue weighted by Gasteiger charge is 2.18. The lowest BCUT2D eigenvalue weighted by molar-refractivity contribution is 0.0999. The Labute approximate surface area is 138 Å². The average molecular weight is 359 g/mol. The number of sulfonamides is 1. The minimum Gasteiger partial charge on any atom is -0.366 e. The molecule has 2 rings (SSSR count). The molecule has 0 atom stereocenters. The second kappa shape index (κ2) is 6.16. The number of nitrogens with two attached hydrogens (primary N) is 1. The molecule has 0 spiro atoms. The first-order valence-corrected chi connectivity index (χ1v) is 8.33. The molecule has 0 aromatic heterocycles. The van der Waals surface area contributed by atoms with Crippen LogP contribution in [0.3, 0.4) is 0 Å². The van der Waals surface area contributed by atoms with Gasteiger partial charge in [0.05, 0.1) is 10.6 Å². The topological polar surface area (TPSA) is 89.3 Å². The summed E-state index contributed by atoms with van der Waals surface area (Å²) in [5, 5.41) is 0.408. The van der Waals surface area contributed by atoms with Crippen LogP contribution in [0, 0.1) is 6.92 Å². The van der Waals surface area contributed by atoms with Gasteiger partial charge in [-0.05, 0) is 42.8 Å². The van der Waals surface area contributed by atoms with Gasteiger partial charge in [0, 0.05) is 15.6 Å². The lowest BCUT2D eigenvalue weighted by Gasteiger charge is -2.13. The molecule has 0 saturated heterocycles. The van der Waals surface area contributed by atoms with Crippen molar-refractivity contribution in [3.8, 4) is 0 Å². The third-order valence-electron chi connectivity index (χ3n) is 2.99. The summed E-state index contributed by atoms with van der Waals surface area (Å²) in [5.74, 6) is -0.635. The largest absolute Gasteiger partial charge is 0.366 e. The standard InChI is InChI=1S/C14H12Cl2N2O3S/c1-8-12(14(17)19)3-2-4-13(8)18-22(20,21)11-6-9(15)5-10(16)7-11/h2-7,18H,1H3,(H2,17,19). The number of rotatable bonds is 4. The van der Waals surface area contributed by atoms with Crippen molar-refractivity contribution >= 4 is 44.8 Å². The third-order valence-corrected chi connectivity index (χ3v) is 4.77. The Hall–Kier alpha value is -1.76. The van der Waals surface area contributed by atoms with Crippen molar-refractivity contribution in [2.24, 2.45) is 5.73 Å². The number of halogens is 2. The van der Waals surface area contributed by atoms with E-state index in [4.69, 9.17) is 28.9 Å². The summed E-state index contributed by atoms with van der Waals surface area (Å²) >= 11 is 11.6. The zero-order chi connectivity index (χ0) is 16.5. The van der Waals surface area contributed by atoms with Crippen molar-refractivity contribution in [3.05, 3.63) is 57.6 Å². The molecule has 2 aromatic rings. The Morgan fingerprint density at radius 2 is 1.73 bits per heavy atom. The van der Waals surface area contributed by atoms with Crippen LogP contribution in [0.1, 0.15) is 15.9 Å². The van der Waals surface area contributed by atoms with Crippen LogP contribution in [0.25, 0.3) is 0 Å². The molecule has 0 aliphatic rings. The Bertz CT molecular complexity index is 831. The van der Waals surface area contributed by atoms with E-state index in [0.717, 1.165) is 0 Å². The Morgan fingerprint density at radius 1 is 1.14 bits per heavy atom. The first kappa shape index (κ1) is 16.6. The molecule has 1 amide bonds. The highest BCUT2D eigenvalue weighted by atomic mass is 35.5. The maximum Gasteiger partial charge on any atom is 0.262 e. The summed E-state index contributed by atoms with van der Waals surface area (Å²) in [5.41, 5.74) is 6.18. The van der Waals surface area contributed by atoms with E-state index in [0.29, 0.717) is 5.56 Å². The van der Waals surface area contributed by atoms with Crippen molar-refractivity contribution < 1.29 is 13.2 Å². The monoisotopic (exact) mass is 358 g/mol. The highest BCUT2D eigenvalue weighted by molar-refractivity contribution is 7.92. The Balaban J connectivity index is 2.45. The van der Waals surface area contributed by atoms with Crippen LogP contribution in [-0.2, 0) is 10.0 Å². The summed E-state index contributed by atoms with van der Waals surface area (Å²) in [6.07, 6.45) is 0. The lowest BCUT2D eigenvalue weighted by atomic mass is 10.1. The first-order chi connectivity index (χ1) is 10.2. The molecule has 116 valence electrons. The molecule has 5 nitrogen and oxygen atoms in total. The Morgan fingerprint density at radius 3 is 2.27 bits per heavy atom. The quantitative estimate of drug-likeness (QED) is 0.879. The van der Waals surface area contributed by atoms with Gasteiger partial charge in [-0.15, -0.1) is 0 Å². The van der Waals surface area contributed by atoms with E-state index in [2.05, 4.69) is 4.72 Å². The first-order valence-electron chi connectivity index (χ1n) is 6.09. The number of amides is 1. The van der Waals surface area contributed by atoms with E-state index >= 15 is 0 Å². The van der Waals surface area contributed by atoms with Gasteiger partial charge in [0.2, 0.25) is 5.91 Å². The number of primary amides is 1. The van der Waals surface area contributed by atoms with Crippen LogP contribution in [-0.4, -0.2) is 14.3 Å². The summed E-state index contributed by atoms with van der Waals surface area (Å²) in [6.45, 7) is 1.60. The fourth-order valence-corrected chi connectivity index (χ4v) is 3.75. The SMILES string of the molecule is Cc1c(NS(=O)(=O)c2cc(Cl)cc(Cl)c2)cccc1C(N)=O. The lowest BCUT2D eigenvalue weighted by Crippen LogP contribution is -2.17. The van der Waals surface area contributed by atoms with Crippen LogP contribution >= 0.6 is 23.2 Å². The number of anilines is 1. The number of hydrogen-bond donors (Lipinski definition) is 2. The van der Waals surface area contributed by atoms with Crippen LogP contribution in [0.4, 0.5) is 5.69 Å². The predicted molar refractivity (Wildman–Crippen MR) is 87.0 cm³/mol. The van der Waals surface area contributed by atoms with Gasteiger partial charge in [0.15, 0.2) is 0 Å². The molecular formula is C14H12Cl2N2O3S. The molecule has 0 aliphatic heterocycles. The molecule has 3 N–H and O–H groups in total.